The van der Waals surface area contributed by atoms with Crippen molar-refractivity contribution in [3.63, 3.8) is 0 Å². The fourth-order valence-corrected chi connectivity index (χ4v) is 2.63. The summed E-state index contributed by atoms with van der Waals surface area (Å²) in [6, 6.07) is 0. The molecular weight excluding hydrogens is 322 g/mol. The van der Waals surface area contributed by atoms with Gasteiger partial charge in [-0.15, -0.1) is 0 Å². The van der Waals surface area contributed by atoms with Gasteiger partial charge in [-0.2, -0.15) is 5.92 Å². The zero-order chi connectivity index (χ0) is 18.1. The molecular formula is C19H38LiNaO4. The first-order valence-electron chi connectivity index (χ1n) is 9.15. The largest absolute Gasteiger partial charge is 1.00 e. The number of aliphatic carboxylic acids is 2. The molecule has 6 heteroatoms. The first-order chi connectivity index (χ1) is 10.9. The summed E-state index contributed by atoms with van der Waals surface area (Å²) in [4.78, 5) is 18.9. The van der Waals surface area contributed by atoms with E-state index >= 15 is 0 Å². The van der Waals surface area contributed by atoms with Crippen molar-refractivity contribution in [2.75, 3.05) is 0 Å². The fourth-order valence-electron chi connectivity index (χ4n) is 2.63. The van der Waals surface area contributed by atoms with E-state index in [-0.39, 0.29) is 49.8 Å². The standard InChI is InChI=1S/C16H33.C3H4O4.Li.Na.H/c1-5-8-10-12-13-15(4)16(7-3)14-11-9-6-2;4-2(5)1-3(6)7;;;/h15-16H,4-14H2,1-3H3;1H2,(H,4,5)(H,6,7);;;/q-1;;2*+1;-1. The zero-order valence-electron chi connectivity index (χ0n) is 18.4. The Balaban J connectivity index is -0.000000127. The molecule has 2 unspecified atom stereocenters. The second-order valence-corrected chi connectivity index (χ2v) is 6.24. The van der Waals surface area contributed by atoms with E-state index in [1.165, 1.54) is 64.2 Å². The summed E-state index contributed by atoms with van der Waals surface area (Å²) in [6.45, 7) is 11.3. The molecule has 0 aromatic heterocycles. The van der Waals surface area contributed by atoms with Crippen LogP contribution in [-0.2, 0) is 9.59 Å². The molecule has 0 heterocycles. The van der Waals surface area contributed by atoms with Crippen LogP contribution in [0.25, 0.3) is 0 Å². The minimum Gasteiger partial charge on any atom is -1.00 e. The van der Waals surface area contributed by atoms with Gasteiger partial charge in [0.05, 0.1) is 0 Å². The normalized spacial score (nSPS) is 11.8. The fraction of sp³-hybridized carbons (Fsp3) is 0.842. The van der Waals surface area contributed by atoms with Crippen molar-refractivity contribution in [3.8, 4) is 0 Å². The van der Waals surface area contributed by atoms with Crippen LogP contribution in [0.2, 0.25) is 0 Å². The molecule has 25 heavy (non-hydrogen) atoms. The quantitative estimate of drug-likeness (QED) is 0.204. The van der Waals surface area contributed by atoms with E-state index in [2.05, 4.69) is 27.7 Å². The third-order valence-corrected chi connectivity index (χ3v) is 4.10. The van der Waals surface area contributed by atoms with Crippen LogP contribution in [0, 0.1) is 18.8 Å². The average molecular weight is 360 g/mol. The molecule has 0 aliphatic heterocycles. The molecule has 0 amide bonds. The molecule has 0 radical (unpaired) electrons. The van der Waals surface area contributed by atoms with E-state index in [0.717, 1.165) is 5.92 Å². The van der Waals surface area contributed by atoms with Gasteiger partial charge in [-0.1, -0.05) is 90.9 Å². The van der Waals surface area contributed by atoms with E-state index in [9.17, 15) is 9.59 Å². The van der Waals surface area contributed by atoms with Crippen molar-refractivity contribution in [1.29, 1.82) is 0 Å². The van der Waals surface area contributed by atoms with E-state index in [1.807, 2.05) is 0 Å². The van der Waals surface area contributed by atoms with Crippen LogP contribution in [-0.4, -0.2) is 22.2 Å². The maximum absolute atomic E-state index is 9.43. The number of hydrogen-bond acceptors (Lipinski definition) is 2. The Labute approximate surface area is 190 Å². The van der Waals surface area contributed by atoms with Crippen molar-refractivity contribution >= 4 is 11.9 Å². The maximum atomic E-state index is 9.43. The van der Waals surface area contributed by atoms with Gasteiger partial charge in [-0.25, -0.2) is 0 Å². The topological polar surface area (TPSA) is 74.6 Å². The number of rotatable bonds is 13. The average Bonchev–Trinajstić information content (AvgIpc) is 2.47. The van der Waals surface area contributed by atoms with Gasteiger partial charge in [0.2, 0.25) is 0 Å². The molecule has 0 saturated heterocycles. The van der Waals surface area contributed by atoms with E-state index < -0.39 is 18.4 Å². The van der Waals surface area contributed by atoms with Crippen molar-refractivity contribution in [2.45, 2.75) is 91.4 Å². The Hall–Kier alpha value is 0.537. The Bertz CT molecular complexity index is 295. The van der Waals surface area contributed by atoms with Crippen molar-refractivity contribution in [2.24, 2.45) is 11.8 Å². The molecule has 0 fully saturated rings. The van der Waals surface area contributed by atoms with Crippen LogP contribution in [0.5, 0.6) is 0 Å². The van der Waals surface area contributed by atoms with Gasteiger partial charge in [-0.3, -0.25) is 9.59 Å². The summed E-state index contributed by atoms with van der Waals surface area (Å²) in [5.74, 6) is -1.04. The maximum Gasteiger partial charge on any atom is 1.00 e. The molecule has 2 N–H and O–H groups in total. The SMILES string of the molecule is O=C(O)CC(=O)O.[CH2-]C(CCCCCC)C(CC)CCCCC.[H-].[Li+].[Na+]. The summed E-state index contributed by atoms with van der Waals surface area (Å²) in [6.07, 6.45) is 13.0. The summed E-state index contributed by atoms with van der Waals surface area (Å²) in [7, 11) is 0. The van der Waals surface area contributed by atoms with Crippen molar-refractivity contribution in [3.05, 3.63) is 6.92 Å². The smallest absolute Gasteiger partial charge is 1.00 e. The monoisotopic (exact) mass is 360 g/mol. The molecule has 2 atom stereocenters. The first-order valence-corrected chi connectivity index (χ1v) is 9.15. The number of hydrogen-bond donors (Lipinski definition) is 2. The Morgan fingerprint density at radius 3 is 1.68 bits per heavy atom. The molecule has 140 valence electrons. The summed E-state index contributed by atoms with van der Waals surface area (Å²) < 4.78 is 0. The van der Waals surface area contributed by atoms with Crippen molar-refractivity contribution in [1.82, 2.24) is 0 Å². The van der Waals surface area contributed by atoms with Crippen LogP contribution >= 0.6 is 0 Å². The van der Waals surface area contributed by atoms with Crippen LogP contribution < -0.4 is 48.4 Å². The molecule has 0 spiro atoms. The molecule has 0 rings (SSSR count). The molecule has 0 bridgehead atoms. The van der Waals surface area contributed by atoms with Crippen LogP contribution in [0.4, 0.5) is 0 Å². The van der Waals surface area contributed by atoms with Gasteiger partial charge in [-0.05, 0) is 0 Å². The first kappa shape index (κ1) is 33.1. The van der Waals surface area contributed by atoms with Crippen LogP contribution in [0.15, 0.2) is 0 Å². The Morgan fingerprint density at radius 1 is 0.880 bits per heavy atom. The molecule has 4 nitrogen and oxygen atoms in total. The van der Waals surface area contributed by atoms with Crippen molar-refractivity contribution < 1.29 is 69.6 Å². The van der Waals surface area contributed by atoms with Gasteiger partial charge in [0.15, 0.2) is 0 Å². The predicted octanol–water partition coefficient (Wildman–Crippen LogP) is -0.320. The van der Waals surface area contributed by atoms with Crippen LogP contribution in [0.3, 0.4) is 0 Å². The number of carboxylic acid groups (broad SMARTS) is 2. The molecule has 0 saturated carbocycles. The third-order valence-electron chi connectivity index (χ3n) is 4.10. The third kappa shape index (κ3) is 26.9. The van der Waals surface area contributed by atoms with Gasteiger partial charge in [0, 0.05) is 0 Å². The summed E-state index contributed by atoms with van der Waals surface area (Å²) in [5.41, 5.74) is 0. The number of carbonyl (C=O) groups is 2. The predicted molar refractivity (Wildman–Crippen MR) is 96.5 cm³/mol. The second-order valence-electron chi connectivity index (χ2n) is 6.24. The van der Waals surface area contributed by atoms with Gasteiger partial charge in [0.25, 0.3) is 0 Å². The van der Waals surface area contributed by atoms with Gasteiger partial charge >= 0.3 is 60.4 Å². The zero-order valence-corrected chi connectivity index (χ0v) is 19.4. The second kappa shape index (κ2) is 24.5. The molecule has 0 aromatic rings. The summed E-state index contributed by atoms with van der Waals surface area (Å²) >= 11 is 0. The minimum absolute atomic E-state index is 0. The van der Waals surface area contributed by atoms with Gasteiger partial charge < -0.3 is 18.6 Å². The molecule has 0 aliphatic carbocycles. The number of unbranched alkanes of at least 4 members (excludes halogenated alkanes) is 5. The van der Waals surface area contributed by atoms with E-state index in [0.29, 0.717) is 5.92 Å². The number of carboxylic acids is 2. The van der Waals surface area contributed by atoms with E-state index in [1.54, 1.807) is 0 Å². The summed E-state index contributed by atoms with van der Waals surface area (Å²) in [5, 5.41) is 15.4. The van der Waals surface area contributed by atoms with Gasteiger partial charge in [0.1, 0.15) is 6.42 Å². The molecule has 0 aromatic carbocycles. The molecule has 0 aliphatic rings. The van der Waals surface area contributed by atoms with Crippen LogP contribution in [0.1, 0.15) is 92.8 Å². The Morgan fingerprint density at radius 2 is 1.32 bits per heavy atom. The Kier molecular flexibility index (Phi) is 32.5. The van der Waals surface area contributed by atoms with E-state index in [4.69, 9.17) is 10.2 Å². The minimum atomic E-state index is -1.31.